The highest BCUT2D eigenvalue weighted by Crippen LogP contribution is 2.18. The van der Waals surface area contributed by atoms with Crippen LogP contribution in [-0.4, -0.2) is 26.0 Å². The number of amides is 1. The largest absolute Gasteiger partial charge is 0.316 e. The molecule has 1 N–H and O–H groups in total. The monoisotopic (exact) mass is 260 g/mol. The molecular weight excluding hydrogens is 236 g/mol. The summed E-state index contributed by atoms with van der Waals surface area (Å²) < 4.78 is 0. The molecule has 2 rings (SSSR count). The van der Waals surface area contributed by atoms with Crippen molar-refractivity contribution < 1.29 is 4.79 Å². The number of anilines is 1. The molecule has 0 saturated carbocycles. The Labute approximate surface area is 116 Å². The third kappa shape index (κ3) is 3.80. The Morgan fingerprint density at radius 3 is 2.68 bits per heavy atom. The van der Waals surface area contributed by atoms with Crippen molar-refractivity contribution in [2.24, 2.45) is 5.92 Å². The van der Waals surface area contributed by atoms with E-state index in [1.165, 1.54) is 12.0 Å². The van der Waals surface area contributed by atoms with Crippen LogP contribution in [0.15, 0.2) is 24.3 Å². The fraction of sp³-hybridized carbons (Fsp3) is 0.562. The molecule has 1 amide bonds. The highest BCUT2D eigenvalue weighted by atomic mass is 16.2. The first-order chi connectivity index (χ1) is 9.20. The summed E-state index contributed by atoms with van der Waals surface area (Å²) >= 11 is 0. The van der Waals surface area contributed by atoms with Gasteiger partial charge in [-0.25, -0.2) is 0 Å². The van der Waals surface area contributed by atoms with Crippen LogP contribution in [0.25, 0.3) is 0 Å². The van der Waals surface area contributed by atoms with Crippen LogP contribution in [0.1, 0.15) is 31.7 Å². The number of carbonyl (C=O) groups excluding carboxylic acids is 1. The molecule has 1 atom stereocenters. The van der Waals surface area contributed by atoms with Gasteiger partial charge >= 0.3 is 0 Å². The molecular formula is C16H24N2O. The van der Waals surface area contributed by atoms with Crippen molar-refractivity contribution in [1.82, 2.24) is 5.32 Å². The van der Waals surface area contributed by atoms with Crippen LogP contribution in [0, 0.1) is 5.92 Å². The third-order valence-corrected chi connectivity index (χ3v) is 4.03. The van der Waals surface area contributed by atoms with Gasteiger partial charge in [-0.15, -0.1) is 0 Å². The summed E-state index contributed by atoms with van der Waals surface area (Å²) in [4.78, 5) is 13.9. The van der Waals surface area contributed by atoms with Crippen molar-refractivity contribution in [3.05, 3.63) is 29.8 Å². The zero-order valence-electron chi connectivity index (χ0n) is 12.0. The van der Waals surface area contributed by atoms with Gasteiger partial charge in [0.2, 0.25) is 5.91 Å². The minimum Gasteiger partial charge on any atom is -0.316 e. The number of carbonyl (C=O) groups is 1. The molecule has 1 unspecified atom stereocenters. The Balaban J connectivity index is 1.86. The minimum atomic E-state index is 0.219. The van der Waals surface area contributed by atoms with E-state index in [1.807, 2.05) is 19.2 Å². The first-order valence-electron chi connectivity index (χ1n) is 7.27. The zero-order valence-corrected chi connectivity index (χ0v) is 12.0. The van der Waals surface area contributed by atoms with E-state index in [0.717, 1.165) is 31.6 Å². The highest BCUT2D eigenvalue weighted by molar-refractivity contribution is 5.92. The third-order valence-electron chi connectivity index (χ3n) is 4.03. The lowest BCUT2D eigenvalue weighted by atomic mass is 10.0. The summed E-state index contributed by atoms with van der Waals surface area (Å²) in [6, 6.07) is 8.27. The summed E-state index contributed by atoms with van der Waals surface area (Å²) in [5.74, 6) is 0.899. The molecule has 0 bridgehead atoms. The van der Waals surface area contributed by atoms with Crippen molar-refractivity contribution in [3.8, 4) is 0 Å². The molecule has 0 aromatic heterocycles. The molecule has 0 spiro atoms. The number of aryl methyl sites for hydroxylation is 1. The zero-order chi connectivity index (χ0) is 13.7. The van der Waals surface area contributed by atoms with Gasteiger partial charge in [-0.05, 0) is 56.0 Å². The molecule has 3 heteroatoms. The van der Waals surface area contributed by atoms with Crippen molar-refractivity contribution in [1.29, 1.82) is 0 Å². The van der Waals surface area contributed by atoms with E-state index in [2.05, 4.69) is 24.4 Å². The molecule has 1 aromatic carbocycles. The quantitative estimate of drug-likeness (QED) is 0.882. The molecule has 1 aliphatic rings. The lowest BCUT2D eigenvalue weighted by Gasteiger charge is -2.18. The first kappa shape index (κ1) is 14.1. The van der Waals surface area contributed by atoms with Crippen molar-refractivity contribution in [3.63, 3.8) is 0 Å². The fourth-order valence-electron chi connectivity index (χ4n) is 2.56. The Bertz CT molecular complexity index is 407. The summed E-state index contributed by atoms with van der Waals surface area (Å²) in [5.41, 5.74) is 2.30. The van der Waals surface area contributed by atoms with Gasteiger partial charge in [-0.3, -0.25) is 4.79 Å². The van der Waals surface area contributed by atoms with Gasteiger partial charge in [-0.1, -0.05) is 19.1 Å². The molecule has 104 valence electrons. The second kappa shape index (κ2) is 6.71. The normalized spacial score (nSPS) is 18.5. The smallest absolute Gasteiger partial charge is 0.226 e. The number of nitrogens with one attached hydrogen (secondary N) is 1. The Hall–Kier alpha value is -1.35. The van der Waals surface area contributed by atoms with Gasteiger partial charge in [0.1, 0.15) is 0 Å². The molecule has 1 aromatic rings. The summed E-state index contributed by atoms with van der Waals surface area (Å²) in [6.07, 6.45) is 3.90. The van der Waals surface area contributed by atoms with Gasteiger partial charge < -0.3 is 10.2 Å². The van der Waals surface area contributed by atoms with E-state index < -0.39 is 0 Å². The van der Waals surface area contributed by atoms with Crippen LogP contribution in [0.5, 0.6) is 0 Å². The van der Waals surface area contributed by atoms with Crippen LogP contribution in [-0.2, 0) is 11.2 Å². The number of hydrogen-bond acceptors (Lipinski definition) is 2. The molecule has 3 nitrogen and oxygen atoms in total. The summed E-state index contributed by atoms with van der Waals surface area (Å²) in [6.45, 7) is 4.31. The van der Waals surface area contributed by atoms with Gasteiger partial charge in [0.15, 0.2) is 0 Å². The number of benzene rings is 1. The Morgan fingerprint density at radius 2 is 2.11 bits per heavy atom. The van der Waals surface area contributed by atoms with E-state index in [9.17, 15) is 4.79 Å². The molecule has 19 heavy (non-hydrogen) atoms. The highest BCUT2D eigenvalue weighted by Gasteiger charge is 2.17. The fourth-order valence-corrected chi connectivity index (χ4v) is 2.56. The standard InChI is InChI=1S/C16H24N2O/c1-3-13-4-7-15(8-5-13)18(2)16(19)9-6-14-10-11-17-12-14/h4-5,7-8,14,17H,3,6,9-12H2,1-2H3. The van der Waals surface area contributed by atoms with Gasteiger partial charge in [0, 0.05) is 19.2 Å². The average Bonchev–Trinajstić information content (AvgIpc) is 2.97. The predicted octanol–water partition coefficient (Wildman–Crippen LogP) is 2.60. The maximum atomic E-state index is 12.2. The second-order valence-electron chi connectivity index (χ2n) is 5.37. The van der Waals surface area contributed by atoms with Crippen LogP contribution in [0.3, 0.4) is 0 Å². The molecule has 1 fully saturated rings. The van der Waals surface area contributed by atoms with E-state index in [1.54, 1.807) is 4.90 Å². The number of rotatable bonds is 5. The minimum absolute atomic E-state index is 0.219. The summed E-state index contributed by atoms with van der Waals surface area (Å²) in [5, 5.41) is 3.34. The van der Waals surface area contributed by atoms with Gasteiger partial charge in [0.25, 0.3) is 0 Å². The Morgan fingerprint density at radius 1 is 1.37 bits per heavy atom. The molecule has 1 heterocycles. The van der Waals surface area contributed by atoms with Crippen LogP contribution in [0.4, 0.5) is 5.69 Å². The van der Waals surface area contributed by atoms with E-state index in [0.29, 0.717) is 12.3 Å². The van der Waals surface area contributed by atoms with Gasteiger partial charge in [-0.2, -0.15) is 0 Å². The Kier molecular flexibility index (Phi) is 4.97. The first-order valence-corrected chi connectivity index (χ1v) is 7.27. The van der Waals surface area contributed by atoms with Crippen molar-refractivity contribution >= 4 is 11.6 Å². The number of nitrogens with zero attached hydrogens (tertiary/aromatic N) is 1. The summed E-state index contributed by atoms with van der Waals surface area (Å²) in [7, 11) is 1.87. The molecule has 0 aliphatic carbocycles. The lowest BCUT2D eigenvalue weighted by Crippen LogP contribution is -2.26. The SMILES string of the molecule is CCc1ccc(N(C)C(=O)CCC2CCNC2)cc1. The van der Waals surface area contributed by atoms with E-state index >= 15 is 0 Å². The molecule has 0 radical (unpaired) electrons. The van der Waals surface area contributed by atoms with E-state index in [-0.39, 0.29) is 5.91 Å². The van der Waals surface area contributed by atoms with Gasteiger partial charge in [0.05, 0.1) is 0 Å². The molecule has 1 saturated heterocycles. The lowest BCUT2D eigenvalue weighted by molar-refractivity contribution is -0.118. The van der Waals surface area contributed by atoms with Crippen LogP contribution in [0.2, 0.25) is 0 Å². The van der Waals surface area contributed by atoms with Crippen LogP contribution < -0.4 is 10.2 Å². The maximum absolute atomic E-state index is 12.2. The van der Waals surface area contributed by atoms with E-state index in [4.69, 9.17) is 0 Å². The predicted molar refractivity (Wildman–Crippen MR) is 79.4 cm³/mol. The van der Waals surface area contributed by atoms with Crippen molar-refractivity contribution in [2.45, 2.75) is 32.6 Å². The molecule has 1 aliphatic heterocycles. The van der Waals surface area contributed by atoms with Crippen LogP contribution >= 0.6 is 0 Å². The topological polar surface area (TPSA) is 32.3 Å². The maximum Gasteiger partial charge on any atom is 0.226 e. The average molecular weight is 260 g/mol. The second-order valence-corrected chi connectivity index (χ2v) is 5.37. The van der Waals surface area contributed by atoms with Crippen molar-refractivity contribution in [2.75, 3.05) is 25.0 Å². The number of hydrogen-bond donors (Lipinski definition) is 1.